The fourth-order valence-electron chi connectivity index (χ4n) is 7.84. The van der Waals surface area contributed by atoms with Crippen LogP contribution >= 0.6 is 22.7 Å². The topological polar surface area (TPSA) is 146 Å². The van der Waals surface area contributed by atoms with Crippen LogP contribution < -0.4 is 5.32 Å². The van der Waals surface area contributed by atoms with E-state index >= 15 is 0 Å². The molecule has 292 valence electrons. The van der Waals surface area contributed by atoms with Gasteiger partial charge >= 0.3 is 12.2 Å². The summed E-state index contributed by atoms with van der Waals surface area (Å²) in [6, 6.07) is 13.8. The summed E-state index contributed by atoms with van der Waals surface area (Å²) in [5, 5.41) is 7.18. The van der Waals surface area contributed by atoms with Gasteiger partial charge in [-0.3, -0.25) is 9.69 Å². The van der Waals surface area contributed by atoms with Crippen molar-refractivity contribution in [1.29, 1.82) is 0 Å². The summed E-state index contributed by atoms with van der Waals surface area (Å²) in [6.45, 7) is 10.7. The van der Waals surface area contributed by atoms with E-state index in [0.29, 0.717) is 13.1 Å². The number of fused-ring (bicyclic) bond motifs is 2. The van der Waals surface area contributed by atoms with Crippen molar-refractivity contribution >= 4 is 61.2 Å². The lowest BCUT2D eigenvalue weighted by Gasteiger charge is -2.29. The molecule has 0 aliphatic carbocycles. The number of imidazole rings is 2. The van der Waals surface area contributed by atoms with Crippen molar-refractivity contribution in [3.8, 4) is 33.5 Å². The van der Waals surface area contributed by atoms with Crippen molar-refractivity contribution in [2.45, 2.75) is 84.0 Å². The van der Waals surface area contributed by atoms with E-state index in [1.807, 2.05) is 51.8 Å². The lowest BCUT2D eigenvalue weighted by Crippen LogP contribution is -2.51. The monoisotopic (exact) mass is 793 g/mol. The summed E-state index contributed by atoms with van der Waals surface area (Å²) in [7, 11) is 1.30. The maximum absolute atomic E-state index is 13.7. The molecule has 3 amide bonds. The molecule has 14 heteroatoms. The number of hydrogen-bond acceptors (Lipinski definition) is 9. The maximum atomic E-state index is 13.7. The number of carbonyl (C=O) groups is 3. The summed E-state index contributed by atoms with van der Waals surface area (Å²) in [4.78, 5) is 58.8. The van der Waals surface area contributed by atoms with Crippen molar-refractivity contribution in [2.75, 3.05) is 20.2 Å². The summed E-state index contributed by atoms with van der Waals surface area (Å²) in [5.74, 6) is 1.32. The van der Waals surface area contributed by atoms with E-state index in [1.165, 1.54) is 27.6 Å². The van der Waals surface area contributed by atoms with E-state index < -0.39 is 17.7 Å². The normalized spacial score (nSPS) is 18.0. The average Bonchev–Trinajstić information content (AvgIpc) is 4.02. The van der Waals surface area contributed by atoms with Crippen molar-refractivity contribution in [3.05, 3.63) is 71.1 Å². The van der Waals surface area contributed by atoms with Crippen LogP contribution in [0.4, 0.5) is 9.59 Å². The first kappa shape index (κ1) is 37.7. The van der Waals surface area contributed by atoms with Crippen molar-refractivity contribution < 1.29 is 23.9 Å². The number of ether oxygens (including phenoxy) is 2. The van der Waals surface area contributed by atoms with Gasteiger partial charge in [-0.15, -0.1) is 22.7 Å². The van der Waals surface area contributed by atoms with E-state index in [1.54, 1.807) is 27.6 Å². The third kappa shape index (κ3) is 7.27. The Balaban J connectivity index is 0.988. The van der Waals surface area contributed by atoms with Crippen molar-refractivity contribution in [3.63, 3.8) is 0 Å². The van der Waals surface area contributed by atoms with Gasteiger partial charge in [0, 0.05) is 35.0 Å². The Labute approximate surface area is 333 Å². The molecule has 8 rings (SSSR count). The van der Waals surface area contributed by atoms with Gasteiger partial charge in [-0.1, -0.05) is 44.2 Å². The van der Waals surface area contributed by atoms with Crippen LogP contribution in [0.15, 0.2) is 59.4 Å². The largest absolute Gasteiger partial charge is 0.453 e. The number of nitrogens with zero attached hydrogens (tertiary/aromatic N) is 4. The second-order valence-corrected chi connectivity index (χ2v) is 17.7. The molecule has 56 heavy (non-hydrogen) atoms. The molecule has 6 heterocycles. The minimum absolute atomic E-state index is 0.0980. The van der Waals surface area contributed by atoms with Crippen LogP contribution in [0.25, 0.3) is 53.9 Å². The molecule has 2 aliphatic heterocycles. The molecule has 12 nitrogen and oxygen atoms in total. The number of alkyl carbamates (subject to hydrolysis) is 1. The van der Waals surface area contributed by atoms with Crippen LogP contribution in [0.3, 0.4) is 0 Å². The number of carbonyl (C=O) groups excluding carboxylic acids is 3. The molecule has 2 aromatic carbocycles. The SMILES string of the molecule is COC(=O)N[C@H](C(=O)N1CCC[C@H]1c1nc2ccc(-c3csc4c(-c5ccc(-c6cnc([C@@H]7CCCN7C(=O)OC(C)(C)C)[nH]6)cc5)csc34)cc2[nH]1)C(C)C. The van der Waals surface area contributed by atoms with Crippen molar-refractivity contribution in [2.24, 2.45) is 5.92 Å². The molecule has 0 spiro atoms. The molecule has 0 unspecified atom stereocenters. The maximum Gasteiger partial charge on any atom is 0.410 e. The number of aromatic amines is 2. The summed E-state index contributed by atoms with van der Waals surface area (Å²) >= 11 is 3.50. The minimum atomic E-state index is -0.681. The number of hydrogen-bond donors (Lipinski definition) is 3. The second-order valence-electron chi connectivity index (χ2n) is 15.9. The Morgan fingerprint density at radius 2 is 1.48 bits per heavy atom. The highest BCUT2D eigenvalue weighted by Crippen LogP contribution is 2.45. The Morgan fingerprint density at radius 3 is 2.14 bits per heavy atom. The van der Waals surface area contributed by atoms with Crippen LogP contribution in [0.1, 0.15) is 84.0 Å². The Morgan fingerprint density at radius 1 is 0.857 bits per heavy atom. The standard InChI is InChI=1S/C42H47N7O5S2/c1-23(2)34(47-40(51)53-6)39(50)48-17-7-10-33(48)38-44-29-16-15-26(19-30(29)45-38)28-22-56-35-27(21-55-36(28)35)24-11-13-25(14-12-24)31-20-43-37(46-31)32-9-8-18-49(32)41(52)54-42(3,4)5/h11-16,19-23,32-34H,7-10,17-18H2,1-6H3,(H,43,46)(H,44,45)(H,47,51)/t32-,33-,34-/m0/s1. The smallest absolute Gasteiger partial charge is 0.410 e. The number of nitrogens with one attached hydrogen (secondary N) is 3. The van der Waals surface area contributed by atoms with Crippen LogP contribution in [-0.4, -0.2) is 79.7 Å². The Hall–Kier alpha value is -5.21. The molecule has 0 saturated carbocycles. The third-order valence-corrected chi connectivity index (χ3v) is 12.8. The number of methoxy groups -OCH3 is 1. The number of amides is 3. The Bertz CT molecular complexity index is 2400. The van der Waals surface area contributed by atoms with Crippen LogP contribution in [0.2, 0.25) is 0 Å². The van der Waals surface area contributed by atoms with Gasteiger partial charge in [0.05, 0.1) is 51.5 Å². The summed E-state index contributed by atoms with van der Waals surface area (Å²) in [6.07, 6.45) is 4.35. The quantitative estimate of drug-likeness (QED) is 0.139. The van der Waals surface area contributed by atoms with E-state index in [2.05, 4.69) is 67.4 Å². The van der Waals surface area contributed by atoms with Gasteiger partial charge in [0.1, 0.15) is 23.3 Å². The molecule has 0 radical (unpaired) electrons. The first-order chi connectivity index (χ1) is 26.9. The van der Waals surface area contributed by atoms with Gasteiger partial charge in [-0.2, -0.15) is 0 Å². The first-order valence-corrected chi connectivity index (χ1v) is 20.9. The zero-order valence-corrected chi connectivity index (χ0v) is 34.1. The van der Waals surface area contributed by atoms with Gasteiger partial charge in [0.2, 0.25) is 5.91 Å². The number of aromatic nitrogens is 4. The lowest BCUT2D eigenvalue weighted by molar-refractivity contribution is -0.135. The number of likely N-dealkylation sites (tertiary alicyclic amines) is 2. The third-order valence-electron chi connectivity index (χ3n) is 10.6. The number of thiophene rings is 2. The van der Waals surface area contributed by atoms with Crippen LogP contribution in [0.5, 0.6) is 0 Å². The van der Waals surface area contributed by atoms with E-state index in [9.17, 15) is 14.4 Å². The lowest BCUT2D eigenvalue weighted by atomic mass is 10.0. The molecule has 2 saturated heterocycles. The van der Waals surface area contributed by atoms with Gasteiger partial charge < -0.3 is 29.7 Å². The zero-order valence-electron chi connectivity index (χ0n) is 32.5. The Kier molecular flexibility index (Phi) is 10.1. The van der Waals surface area contributed by atoms with Gasteiger partial charge in [0.15, 0.2) is 0 Å². The second kappa shape index (κ2) is 15.0. The van der Waals surface area contributed by atoms with E-state index in [4.69, 9.17) is 14.5 Å². The predicted molar refractivity (Wildman–Crippen MR) is 221 cm³/mol. The molecule has 6 aromatic rings. The van der Waals surface area contributed by atoms with Gasteiger partial charge in [0.25, 0.3) is 0 Å². The average molecular weight is 794 g/mol. The summed E-state index contributed by atoms with van der Waals surface area (Å²) < 4.78 is 12.9. The number of rotatable bonds is 8. The van der Waals surface area contributed by atoms with Gasteiger partial charge in [-0.05, 0) is 81.2 Å². The van der Waals surface area contributed by atoms with E-state index in [-0.39, 0.29) is 30.0 Å². The molecular formula is C42H47N7O5S2. The fourth-order valence-corrected chi connectivity index (χ4v) is 10.3. The molecule has 3 N–H and O–H groups in total. The molecule has 4 aromatic heterocycles. The van der Waals surface area contributed by atoms with Crippen LogP contribution in [-0.2, 0) is 14.3 Å². The zero-order chi connectivity index (χ0) is 39.3. The van der Waals surface area contributed by atoms with E-state index in [0.717, 1.165) is 70.7 Å². The van der Waals surface area contributed by atoms with Crippen LogP contribution in [0, 0.1) is 5.92 Å². The highest BCUT2D eigenvalue weighted by molar-refractivity contribution is 7.27. The number of benzene rings is 2. The number of H-pyrrole nitrogens is 2. The minimum Gasteiger partial charge on any atom is -0.453 e. The molecule has 2 fully saturated rings. The highest BCUT2D eigenvalue weighted by Gasteiger charge is 2.38. The van der Waals surface area contributed by atoms with Crippen molar-refractivity contribution in [1.82, 2.24) is 35.1 Å². The van der Waals surface area contributed by atoms with Gasteiger partial charge in [-0.25, -0.2) is 19.6 Å². The highest BCUT2D eigenvalue weighted by atomic mass is 32.1. The predicted octanol–water partition coefficient (Wildman–Crippen LogP) is 9.68. The fraction of sp³-hybridized carbons (Fsp3) is 0.405. The molecule has 3 atom stereocenters. The summed E-state index contributed by atoms with van der Waals surface area (Å²) in [5.41, 5.74) is 7.80. The molecule has 0 bridgehead atoms. The first-order valence-electron chi connectivity index (χ1n) is 19.2. The molecular weight excluding hydrogens is 747 g/mol. The molecule has 2 aliphatic rings.